The molecule has 1 aromatic carbocycles. The van der Waals surface area contributed by atoms with Crippen LogP contribution in [0.1, 0.15) is 44.4 Å². The first-order valence-corrected chi connectivity index (χ1v) is 11.8. The Labute approximate surface area is 209 Å². The van der Waals surface area contributed by atoms with Crippen molar-refractivity contribution in [1.29, 1.82) is 0 Å². The van der Waals surface area contributed by atoms with Gasteiger partial charge in [0.1, 0.15) is 5.92 Å². The summed E-state index contributed by atoms with van der Waals surface area (Å²) >= 11 is 0. The van der Waals surface area contributed by atoms with Crippen LogP contribution in [-0.2, 0) is 24.0 Å². The summed E-state index contributed by atoms with van der Waals surface area (Å²) in [6.07, 6.45) is 6.13. The van der Waals surface area contributed by atoms with Crippen molar-refractivity contribution in [3.05, 3.63) is 72.1 Å². The highest BCUT2D eigenvalue weighted by Crippen LogP contribution is 2.24. The lowest BCUT2D eigenvalue weighted by atomic mass is 9.85. The fourth-order valence-corrected chi connectivity index (χ4v) is 4.05. The van der Waals surface area contributed by atoms with E-state index in [4.69, 9.17) is 0 Å². The molecule has 3 N–H and O–H groups in total. The van der Waals surface area contributed by atoms with E-state index in [1.54, 1.807) is 68.7 Å². The van der Waals surface area contributed by atoms with Crippen LogP contribution < -0.4 is 16.0 Å². The minimum atomic E-state index is -1.15. The Hall–Kier alpha value is -4.14. The maximum atomic E-state index is 13.1. The lowest BCUT2D eigenvalue weighted by Gasteiger charge is -2.25. The number of amides is 4. The van der Waals surface area contributed by atoms with Gasteiger partial charge in [-0.3, -0.25) is 34.3 Å². The molecule has 2 aromatic rings. The van der Waals surface area contributed by atoms with E-state index in [1.165, 1.54) is 13.0 Å². The highest BCUT2D eigenvalue weighted by molar-refractivity contribution is 6.16. The van der Waals surface area contributed by atoms with Gasteiger partial charge in [-0.2, -0.15) is 0 Å². The van der Waals surface area contributed by atoms with Gasteiger partial charge in [-0.05, 0) is 35.3 Å². The van der Waals surface area contributed by atoms with Crippen LogP contribution in [0.2, 0.25) is 0 Å². The zero-order chi connectivity index (χ0) is 26.2. The number of carbonyl (C=O) groups is 5. The zero-order valence-electron chi connectivity index (χ0n) is 20.4. The zero-order valence-corrected chi connectivity index (χ0v) is 20.4. The monoisotopic (exact) mass is 490 g/mol. The largest absolute Gasteiger partial charge is 0.346 e. The van der Waals surface area contributed by atoms with Crippen molar-refractivity contribution in [2.45, 2.75) is 39.3 Å². The number of rotatable bonds is 10. The van der Waals surface area contributed by atoms with E-state index in [2.05, 4.69) is 20.9 Å². The molecule has 0 aliphatic carbocycles. The topological polar surface area (TPSA) is 134 Å². The van der Waals surface area contributed by atoms with Crippen molar-refractivity contribution < 1.29 is 24.0 Å². The van der Waals surface area contributed by atoms with Crippen molar-refractivity contribution in [2.24, 2.45) is 17.8 Å². The lowest BCUT2D eigenvalue weighted by molar-refractivity contribution is -0.137. The van der Waals surface area contributed by atoms with Crippen LogP contribution in [0, 0.1) is 17.8 Å². The third kappa shape index (κ3) is 6.71. The Kier molecular flexibility index (Phi) is 8.83. The molecule has 0 spiro atoms. The summed E-state index contributed by atoms with van der Waals surface area (Å²) in [5, 5.41) is 7.74. The summed E-state index contributed by atoms with van der Waals surface area (Å²) in [6.45, 7) is 5.02. The van der Waals surface area contributed by atoms with Gasteiger partial charge in [0.15, 0.2) is 5.78 Å². The number of Topliss-reactive ketones (excluding diaryl/α,β-unsaturated/α-hetero) is 1. The third-order valence-electron chi connectivity index (χ3n) is 6.08. The number of nitrogens with one attached hydrogen (secondary N) is 3. The number of aromatic nitrogens is 1. The van der Waals surface area contributed by atoms with Crippen molar-refractivity contribution in [3.8, 4) is 0 Å². The minimum absolute atomic E-state index is 0.124. The SMILES string of the molecule is CC(C)[C@H](NC(=O)C[C@H](NC(=O)/C=C/c1ccncc1)c1ccccc1)C(=O)[C@@H]1C(=O)NC(=O)[C@H]1C. The van der Waals surface area contributed by atoms with Crippen LogP contribution in [0.3, 0.4) is 0 Å². The maximum absolute atomic E-state index is 13.1. The maximum Gasteiger partial charge on any atom is 0.244 e. The molecule has 0 bridgehead atoms. The predicted octanol–water partition coefficient (Wildman–Crippen LogP) is 1.96. The van der Waals surface area contributed by atoms with Crippen LogP contribution in [0.15, 0.2) is 60.9 Å². The highest BCUT2D eigenvalue weighted by atomic mass is 16.2. The second-order valence-corrected chi connectivity index (χ2v) is 9.10. The molecule has 1 aliphatic heterocycles. The van der Waals surface area contributed by atoms with Gasteiger partial charge in [0.05, 0.1) is 24.4 Å². The molecule has 0 saturated carbocycles. The normalized spacial score (nSPS) is 19.1. The molecule has 4 atom stereocenters. The van der Waals surface area contributed by atoms with Crippen LogP contribution in [0.4, 0.5) is 0 Å². The van der Waals surface area contributed by atoms with E-state index in [-0.39, 0.29) is 18.2 Å². The molecule has 4 amide bonds. The number of pyridine rings is 1. The molecule has 1 aliphatic rings. The minimum Gasteiger partial charge on any atom is -0.346 e. The van der Waals surface area contributed by atoms with Crippen LogP contribution in [0.25, 0.3) is 6.08 Å². The smallest absolute Gasteiger partial charge is 0.244 e. The molecular weight excluding hydrogens is 460 g/mol. The summed E-state index contributed by atoms with van der Waals surface area (Å²) in [4.78, 5) is 66.7. The van der Waals surface area contributed by atoms with Crippen LogP contribution in [0.5, 0.6) is 0 Å². The average Bonchev–Trinajstić information content (AvgIpc) is 3.12. The van der Waals surface area contributed by atoms with Gasteiger partial charge < -0.3 is 10.6 Å². The van der Waals surface area contributed by atoms with Gasteiger partial charge in [0, 0.05) is 18.5 Å². The van der Waals surface area contributed by atoms with Gasteiger partial charge >= 0.3 is 0 Å². The van der Waals surface area contributed by atoms with Gasteiger partial charge in [-0.15, -0.1) is 0 Å². The first-order valence-electron chi connectivity index (χ1n) is 11.8. The number of benzene rings is 1. The Bertz CT molecular complexity index is 1150. The fraction of sp³-hybridized carbons (Fsp3) is 0.333. The Morgan fingerprint density at radius 1 is 1.00 bits per heavy atom. The number of imide groups is 1. The van der Waals surface area contributed by atoms with Gasteiger partial charge in [0.25, 0.3) is 0 Å². The molecule has 36 heavy (non-hydrogen) atoms. The van der Waals surface area contributed by atoms with Crippen molar-refractivity contribution in [1.82, 2.24) is 20.9 Å². The number of ketones is 1. The van der Waals surface area contributed by atoms with Crippen LogP contribution >= 0.6 is 0 Å². The predicted molar refractivity (Wildman–Crippen MR) is 133 cm³/mol. The van der Waals surface area contributed by atoms with E-state index < -0.39 is 47.4 Å². The average molecular weight is 491 g/mol. The standard InChI is InChI=1S/C27H30N4O5/c1-16(2)24(25(34)23-17(3)26(35)31-27(23)36)30-22(33)15-20(19-7-5-4-6-8-19)29-21(32)10-9-18-11-13-28-14-12-18/h4-14,16-17,20,23-24H,15H2,1-3H3,(H,29,32)(H,30,33)(H,31,35,36)/b10-9+/t17-,20-,23+,24-/m0/s1. The Balaban J connectivity index is 1.72. The Morgan fingerprint density at radius 2 is 1.67 bits per heavy atom. The second kappa shape index (κ2) is 12.0. The molecule has 1 fully saturated rings. The molecule has 188 valence electrons. The van der Waals surface area contributed by atoms with E-state index in [0.717, 1.165) is 11.1 Å². The number of nitrogens with zero attached hydrogens (tertiary/aromatic N) is 1. The van der Waals surface area contributed by atoms with Gasteiger partial charge in [-0.25, -0.2) is 0 Å². The first-order chi connectivity index (χ1) is 17.2. The molecular formula is C27H30N4O5. The number of carbonyl (C=O) groups excluding carboxylic acids is 5. The van der Waals surface area contributed by atoms with Crippen LogP contribution in [-0.4, -0.2) is 40.4 Å². The van der Waals surface area contributed by atoms with Crippen molar-refractivity contribution in [3.63, 3.8) is 0 Å². The molecule has 1 aromatic heterocycles. The molecule has 9 nitrogen and oxygen atoms in total. The summed E-state index contributed by atoms with van der Waals surface area (Å²) < 4.78 is 0. The summed E-state index contributed by atoms with van der Waals surface area (Å²) in [5.41, 5.74) is 1.52. The fourth-order valence-electron chi connectivity index (χ4n) is 4.05. The van der Waals surface area contributed by atoms with Crippen molar-refractivity contribution >= 4 is 35.5 Å². The molecule has 0 radical (unpaired) electrons. The van der Waals surface area contributed by atoms with E-state index in [9.17, 15) is 24.0 Å². The molecule has 3 rings (SSSR count). The van der Waals surface area contributed by atoms with E-state index >= 15 is 0 Å². The van der Waals surface area contributed by atoms with E-state index in [1.807, 2.05) is 6.07 Å². The molecule has 0 unspecified atom stereocenters. The quantitative estimate of drug-likeness (QED) is 0.265. The summed E-state index contributed by atoms with van der Waals surface area (Å²) in [6, 6.07) is 10.9. The summed E-state index contributed by atoms with van der Waals surface area (Å²) in [7, 11) is 0. The van der Waals surface area contributed by atoms with Gasteiger partial charge in [0.2, 0.25) is 23.6 Å². The molecule has 2 heterocycles. The summed E-state index contributed by atoms with van der Waals surface area (Å²) in [5.74, 6) is -4.77. The lowest BCUT2D eigenvalue weighted by Crippen LogP contribution is -2.49. The van der Waals surface area contributed by atoms with Gasteiger partial charge in [-0.1, -0.05) is 51.1 Å². The second-order valence-electron chi connectivity index (χ2n) is 9.10. The van der Waals surface area contributed by atoms with E-state index in [0.29, 0.717) is 0 Å². The number of hydrogen-bond acceptors (Lipinski definition) is 6. The van der Waals surface area contributed by atoms with Crippen molar-refractivity contribution in [2.75, 3.05) is 0 Å². The first kappa shape index (κ1) is 26.5. The third-order valence-corrected chi connectivity index (χ3v) is 6.08. The molecule has 1 saturated heterocycles. The highest BCUT2D eigenvalue weighted by Gasteiger charge is 2.46. The Morgan fingerprint density at radius 3 is 2.25 bits per heavy atom. The molecule has 9 heteroatoms. The number of hydrogen-bond donors (Lipinski definition) is 3.